The molecule has 0 amide bonds. The van der Waals surface area contributed by atoms with Gasteiger partial charge in [-0.05, 0) is 13.0 Å². The monoisotopic (exact) mass is 145 g/mol. The first-order chi connectivity index (χ1) is 4.83. The molecule has 3 heteroatoms. The van der Waals surface area contributed by atoms with Crippen molar-refractivity contribution in [3.8, 4) is 0 Å². The van der Waals surface area contributed by atoms with Crippen LogP contribution in [0, 0.1) is 5.41 Å². The average molecular weight is 145 g/mol. The SMILES string of the molecule is COCC1(CCN)COC1. The van der Waals surface area contributed by atoms with Gasteiger partial charge in [-0.1, -0.05) is 0 Å². The van der Waals surface area contributed by atoms with E-state index < -0.39 is 0 Å². The fourth-order valence-electron chi connectivity index (χ4n) is 1.30. The molecule has 1 heterocycles. The van der Waals surface area contributed by atoms with Crippen LogP contribution in [0.3, 0.4) is 0 Å². The van der Waals surface area contributed by atoms with E-state index in [-0.39, 0.29) is 5.41 Å². The first-order valence-electron chi connectivity index (χ1n) is 3.60. The molecule has 2 N–H and O–H groups in total. The molecule has 1 rings (SSSR count). The lowest BCUT2D eigenvalue weighted by Gasteiger charge is -2.40. The molecule has 1 aliphatic rings. The Bertz CT molecular complexity index is 93.8. The van der Waals surface area contributed by atoms with E-state index in [1.165, 1.54) is 0 Å². The fraction of sp³-hybridized carbons (Fsp3) is 1.00. The van der Waals surface area contributed by atoms with Crippen molar-refractivity contribution in [2.24, 2.45) is 11.1 Å². The maximum Gasteiger partial charge on any atom is 0.0567 e. The van der Waals surface area contributed by atoms with Crippen molar-refractivity contribution in [3.05, 3.63) is 0 Å². The summed E-state index contributed by atoms with van der Waals surface area (Å²) < 4.78 is 10.2. The Balaban J connectivity index is 2.27. The van der Waals surface area contributed by atoms with Gasteiger partial charge in [0.2, 0.25) is 0 Å². The molecule has 0 aliphatic carbocycles. The van der Waals surface area contributed by atoms with E-state index in [0.29, 0.717) is 0 Å². The lowest BCUT2D eigenvalue weighted by molar-refractivity contribution is -0.145. The molecule has 3 nitrogen and oxygen atoms in total. The number of nitrogens with two attached hydrogens (primary N) is 1. The summed E-state index contributed by atoms with van der Waals surface area (Å²) in [5.74, 6) is 0. The van der Waals surface area contributed by atoms with Gasteiger partial charge in [0, 0.05) is 12.5 Å². The van der Waals surface area contributed by atoms with Crippen molar-refractivity contribution in [3.63, 3.8) is 0 Å². The van der Waals surface area contributed by atoms with E-state index in [4.69, 9.17) is 15.2 Å². The van der Waals surface area contributed by atoms with Crippen LogP contribution in [0.4, 0.5) is 0 Å². The number of ether oxygens (including phenoxy) is 2. The highest BCUT2D eigenvalue weighted by molar-refractivity contribution is 4.85. The van der Waals surface area contributed by atoms with E-state index in [9.17, 15) is 0 Å². The van der Waals surface area contributed by atoms with E-state index in [0.717, 1.165) is 32.8 Å². The van der Waals surface area contributed by atoms with Gasteiger partial charge in [0.05, 0.1) is 19.8 Å². The van der Waals surface area contributed by atoms with Gasteiger partial charge in [-0.3, -0.25) is 0 Å². The standard InChI is InChI=1S/C7H15NO2/c1-9-4-7(2-3-8)5-10-6-7/h2-6,8H2,1H3. The largest absolute Gasteiger partial charge is 0.384 e. The number of hydrogen-bond donors (Lipinski definition) is 1. The van der Waals surface area contributed by atoms with Gasteiger partial charge in [-0.25, -0.2) is 0 Å². The Morgan fingerprint density at radius 1 is 1.60 bits per heavy atom. The van der Waals surface area contributed by atoms with Crippen molar-refractivity contribution < 1.29 is 9.47 Å². The van der Waals surface area contributed by atoms with Crippen molar-refractivity contribution in [1.29, 1.82) is 0 Å². The minimum Gasteiger partial charge on any atom is -0.384 e. The minimum absolute atomic E-state index is 0.253. The van der Waals surface area contributed by atoms with Gasteiger partial charge in [0.15, 0.2) is 0 Å². The van der Waals surface area contributed by atoms with Gasteiger partial charge >= 0.3 is 0 Å². The molecular weight excluding hydrogens is 130 g/mol. The molecule has 0 radical (unpaired) electrons. The zero-order valence-corrected chi connectivity index (χ0v) is 6.43. The lowest BCUT2D eigenvalue weighted by Crippen LogP contribution is -2.47. The van der Waals surface area contributed by atoms with E-state index in [1.807, 2.05) is 0 Å². The first-order valence-corrected chi connectivity index (χ1v) is 3.60. The zero-order valence-electron chi connectivity index (χ0n) is 6.43. The molecule has 0 saturated carbocycles. The molecule has 0 aromatic carbocycles. The average Bonchev–Trinajstić information content (AvgIpc) is 1.84. The highest BCUT2D eigenvalue weighted by atomic mass is 16.5. The minimum atomic E-state index is 0.253. The Hall–Kier alpha value is -0.120. The summed E-state index contributed by atoms with van der Waals surface area (Å²) in [6, 6.07) is 0. The summed E-state index contributed by atoms with van der Waals surface area (Å²) >= 11 is 0. The highest BCUT2D eigenvalue weighted by Gasteiger charge is 2.37. The van der Waals surface area contributed by atoms with Crippen molar-refractivity contribution >= 4 is 0 Å². The molecule has 1 fully saturated rings. The molecule has 60 valence electrons. The van der Waals surface area contributed by atoms with Gasteiger partial charge in [0.1, 0.15) is 0 Å². The molecule has 0 atom stereocenters. The summed E-state index contributed by atoms with van der Waals surface area (Å²) in [6.07, 6.45) is 1.01. The molecule has 0 bridgehead atoms. The lowest BCUT2D eigenvalue weighted by atomic mass is 9.83. The summed E-state index contributed by atoms with van der Waals surface area (Å²) in [6.45, 7) is 3.15. The van der Waals surface area contributed by atoms with Gasteiger partial charge in [0.25, 0.3) is 0 Å². The first kappa shape index (κ1) is 7.98. The predicted octanol–water partition coefficient (Wildman–Crippen LogP) is -0.00180. The summed E-state index contributed by atoms with van der Waals surface area (Å²) in [5.41, 5.74) is 5.70. The molecule has 0 spiro atoms. The second-order valence-electron chi connectivity index (χ2n) is 2.96. The molecule has 10 heavy (non-hydrogen) atoms. The maximum atomic E-state index is 5.44. The van der Waals surface area contributed by atoms with Crippen LogP contribution in [-0.4, -0.2) is 33.5 Å². The molecule has 1 saturated heterocycles. The topological polar surface area (TPSA) is 44.5 Å². The Morgan fingerprint density at radius 3 is 2.60 bits per heavy atom. The number of methoxy groups -OCH3 is 1. The van der Waals surface area contributed by atoms with Gasteiger partial charge in [-0.15, -0.1) is 0 Å². The smallest absolute Gasteiger partial charge is 0.0567 e. The maximum absolute atomic E-state index is 5.44. The second-order valence-corrected chi connectivity index (χ2v) is 2.96. The summed E-state index contributed by atoms with van der Waals surface area (Å²) in [7, 11) is 1.72. The van der Waals surface area contributed by atoms with Gasteiger partial charge < -0.3 is 15.2 Å². The van der Waals surface area contributed by atoms with Crippen LogP contribution in [0.25, 0.3) is 0 Å². The normalized spacial score (nSPS) is 22.2. The molecule has 1 aliphatic heterocycles. The van der Waals surface area contributed by atoms with E-state index >= 15 is 0 Å². The Kier molecular flexibility index (Phi) is 2.65. The third-order valence-corrected chi connectivity index (χ3v) is 1.94. The summed E-state index contributed by atoms with van der Waals surface area (Å²) in [5, 5.41) is 0. The van der Waals surface area contributed by atoms with Crippen LogP contribution in [0.2, 0.25) is 0 Å². The van der Waals surface area contributed by atoms with Crippen LogP contribution >= 0.6 is 0 Å². The second kappa shape index (κ2) is 3.32. The van der Waals surface area contributed by atoms with Crippen LogP contribution < -0.4 is 5.73 Å². The van der Waals surface area contributed by atoms with Crippen molar-refractivity contribution in [2.45, 2.75) is 6.42 Å². The molecule has 0 unspecified atom stereocenters. The molecule has 0 aromatic heterocycles. The van der Waals surface area contributed by atoms with Crippen LogP contribution in [0.5, 0.6) is 0 Å². The Morgan fingerprint density at radius 2 is 2.30 bits per heavy atom. The van der Waals surface area contributed by atoms with Crippen LogP contribution in [-0.2, 0) is 9.47 Å². The predicted molar refractivity (Wildman–Crippen MR) is 38.8 cm³/mol. The Labute approximate surface area is 61.5 Å². The number of rotatable bonds is 4. The number of hydrogen-bond acceptors (Lipinski definition) is 3. The van der Waals surface area contributed by atoms with Crippen molar-refractivity contribution in [2.75, 3.05) is 33.5 Å². The fourth-order valence-corrected chi connectivity index (χ4v) is 1.30. The van der Waals surface area contributed by atoms with E-state index in [2.05, 4.69) is 0 Å². The third kappa shape index (κ3) is 1.48. The molecular formula is C7H15NO2. The zero-order chi connectivity index (χ0) is 7.45. The quantitative estimate of drug-likeness (QED) is 0.605. The van der Waals surface area contributed by atoms with Crippen LogP contribution in [0.15, 0.2) is 0 Å². The molecule has 0 aromatic rings. The highest BCUT2D eigenvalue weighted by Crippen LogP contribution is 2.30. The van der Waals surface area contributed by atoms with E-state index in [1.54, 1.807) is 7.11 Å². The summed E-state index contributed by atoms with van der Waals surface area (Å²) in [4.78, 5) is 0. The van der Waals surface area contributed by atoms with Crippen molar-refractivity contribution in [1.82, 2.24) is 0 Å². The van der Waals surface area contributed by atoms with Gasteiger partial charge in [-0.2, -0.15) is 0 Å². The van der Waals surface area contributed by atoms with Crippen LogP contribution in [0.1, 0.15) is 6.42 Å². The third-order valence-electron chi connectivity index (χ3n) is 1.94.